The topological polar surface area (TPSA) is 52.6 Å². The van der Waals surface area contributed by atoms with E-state index >= 15 is 0 Å². The third-order valence-corrected chi connectivity index (χ3v) is 4.22. The number of alkyl halides is 3. The van der Waals surface area contributed by atoms with Gasteiger partial charge in [-0.05, 0) is 12.1 Å². The third kappa shape index (κ3) is 2.85. The van der Waals surface area contributed by atoms with Gasteiger partial charge < -0.3 is 9.47 Å². The van der Waals surface area contributed by atoms with Crippen molar-refractivity contribution in [3.8, 4) is 11.5 Å². The van der Waals surface area contributed by atoms with Crippen molar-refractivity contribution >= 4 is 23.3 Å². The Morgan fingerprint density at radius 3 is 2.33 bits per heavy atom. The van der Waals surface area contributed by atoms with E-state index in [0.717, 1.165) is 11.8 Å². The summed E-state index contributed by atoms with van der Waals surface area (Å²) in [5.41, 5.74) is 0.0477. The van der Waals surface area contributed by atoms with E-state index in [1.54, 1.807) is 0 Å². The normalized spacial score (nSPS) is 18.1. The molecule has 0 saturated heterocycles. The number of carbonyl (C=O) groups excluding carboxylic acids is 2. The van der Waals surface area contributed by atoms with Crippen LogP contribution in [0.4, 0.5) is 13.2 Å². The zero-order chi connectivity index (χ0) is 15.8. The maximum Gasteiger partial charge on any atom is 0.450 e. The van der Waals surface area contributed by atoms with E-state index in [0.29, 0.717) is 10.6 Å². The number of Topliss-reactive ketones (excluding diaryl/α,β-unsaturated/α-hetero) is 2. The molecule has 0 aliphatic carbocycles. The van der Waals surface area contributed by atoms with Crippen molar-refractivity contribution in [1.29, 1.82) is 0 Å². The van der Waals surface area contributed by atoms with E-state index in [9.17, 15) is 22.8 Å². The molecule has 0 amide bonds. The number of fused-ring (bicyclic) bond motifs is 1. The van der Waals surface area contributed by atoms with Crippen molar-refractivity contribution in [1.82, 2.24) is 0 Å². The van der Waals surface area contributed by atoms with Gasteiger partial charge in [-0.25, -0.2) is 0 Å². The van der Waals surface area contributed by atoms with Crippen LogP contribution in [0.25, 0.3) is 0 Å². The Hall–Kier alpha value is -1.70. The predicted octanol–water partition coefficient (Wildman–Crippen LogP) is 2.74. The monoisotopic (exact) mass is 320 g/mol. The lowest BCUT2D eigenvalue weighted by atomic mass is 9.94. The molecular formula is C13H11F3O4S. The smallest absolute Gasteiger partial charge is 0.450 e. The van der Waals surface area contributed by atoms with Crippen molar-refractivity contribution in [2.45, 2.75) is 11.1 Å². The van der Waals surface area contributed by atoms with Crippen LogP contribution in [0.1, 0.15) is 10.4 Å². The Labute approximate surface area is 122 Å². The highest BCUT2D eigenvalue weighted by Crippen LogP contribution is 2.41. The highest BCUT2D eigenvalue weighted by Gasteiger charge is 2.48. The van der Waals surface area contributed by atoms with Crippen LogP contribution in [0.15, 0.2) is 17.0 Å². The van der Waals surface area contributed by atoms with Crippen LogP contribution >= 0.6 is 11.8 Å². The second-order valence-corrected chi connectivity index (χ2v) is 5.36. The van der Waals surface area contributed by atoms with Crippen LogP contribution in [-0.2, 0) is 4.79 Å². The Bertz CT molecular complexity index is 598. The standard InChI is InChI=1S/C13H11F3O4S/c1-19-8-3-6-10(4-9(8)20-2)21-5-7(11(6)17)12(18)13(14,15)16/h3-4,7H,5H2,1-2H3. The van der Waals surface area contributed by atoms with E-state index in [4.69, 9.17) is 9.47 Å². The molecule has 1 aromatic carbocycles. The molecule has 1 atom stereocenters. The third-order valence-electron chi connectivity index (χ3n) is 3.07. The van der Waals surface area contributed by atoms with Crippen LogP contribution in [0.5, 0.6) is 11.5 Å². The van der Waals surface area contributed by atoms with Crippen LogP contribution in [-0.4, -0.2) is 37.7 Å². The van der Waals surface area contributed by atoms with Crippen LogP contribution < -0.4 is 9.47 Å². The molecule has 0 N–H and O–H groups in total. The van der Waals surface area contributed by atoms with Gasteiger partial charge >= 0.3 is 6.18 Å². The minimum absolute atomic E-state index is 0.0477. The van der Waals surface area contributed by atoms with Gasteiger partial charge in [-0.3, -0.25) is 9.59 Å². The Morgan fingerprint density at radius 2 is 1.81 bits per heavy atom. The second-order valence-electron chi connectivity index (χ2n) is 4.29. The number of hydrogen-bond donors (Lipinski definition) is 0. The summed E-state index contributed by atoms with van der Waals surface area (Å²) in [6.07, 6.45) is -5.02. The molecule has 0 bridgehead atoms. The number of methoxy groups -OCH3 is 2. The van der Waals surface area contributed by atoms with Gasteiger partial charge in [0.1, 0.15) is 0 Å². The van der Waals surface area contributed by atoms with Gasteiger partial charge in [-0.2, -0.15) is 13.2 Å². The molecule has 0 fully saturated rings. The van der Waals surface area contributed by atoms with E-state index in [2.05, 4.69) is 0 Å². The summed E-state index contributed by atoms with van der Waals surface area (Å²) in [5.74, 6) is -4.20. The molecule has 1 aromatic rings. The zero-order valence-corrected chi connectivity index (χ0v) is 11.9. The number of hydrogen-bond acceptors (Lipinski definition) is 5. The highest BCUT2D eigenvalue weighted by molar-refractivity contribution is 7.99. The number of ketones is 2. The molecule has 1 unspecified atom stereocenters. The van der Waals surface area contributed by atoms with Gasteiger partial charge in [0.2, 0.25) is 5.78 Å². The number of ether oxygens (including phenoxy) is 2. The largest absolute Gasteiger partial charge is 0.493 e. The summed E-state index contributed by atoms with van der Waals surface area (Å²) in [7, 11) is 2.76. The quantitative estimate of drug-likeness (QED) is 0.802. The summed E-state index contributed by atoms with van der Waals surface area (Å²) in [6.45, 7) is 0. The van der Waals surface area contributed by atoms with Gasteiger partial charge in [0, 0.05) is 16.2 Å². The number of thioether (sulfide) groups is 1. The lowest BCUT2D eigenvalue weighted by Crippen LogP contribution is -2.38. The Balaban J connectivity index is 2.42. The molecule has 114 valence electrons. The van der Waals surface area contributed by atoms with Gasteiger partial charge in [-0.1, -0.05) is 0 Å². The van der Waals surface area contributed by atoms with E-state index in [1.165, 1.54) is 26.4 Å². The first kappa shape index (κ1) is 15.7. The first-order valence-corrected chi connectivity index (χ1v) is 6.82. The fourth-order valence-electron chi connectivity index (χ4n) is 2.00. The SMILES string of the molecule is COc1cc2c(cc1OC)C(=O)C(C(=O)C(F)(F)F)CS2. The molecule has 4 nitrogen and oxygen atoms in total. The van der Waals surface area contributed by atoms with E-state index < -0.39 is 23.7 Å². The van der Waals surface area contributed by atoms with Gasteiger partial charge in [-0.15, -0.1) is 11.8 Å². The molecule has 2 rings (SSSR count). The maximum atomic E-state index is 12.5. The molecule has 1 aliphatic rings. The highest BCUT2D eigenvalue weighted by atomic mass is 32.2. The number of rotatable bonds is 3. The second kappa shape index (κ2) is 5.59. The summed E-state index contributed by atoms with van der Waals surface area (Å²) in [6, 6.07) is 2.82. The molecule has 0 spiro atoms. The molecule has 21 heavy (non-hydrogen) atoms. The molecular weight excluding hydrogens is 309 g/mol. The average Bonchev–Trinajstić information content (AvgIpc) is 2.44. The first-order valence-electron chi connectivity index (χ1n) is 5.83. The molecule has 0 saturated carbocycles. The lowest BCUT2D eigenvalue weighted by Gasteiger charge is -2.23. The summed E-state index contributed by atoms with van der Waals surface area (Å²) >= 11 is 1.02. The van der Waals surface area contributed by atoms with Gasteiger partial charge in [0.25, 0.3) is 0 Å². The number of carbonyl (C=O) groups is 2. The Kier molecular flexibility index (Phi) is 4.18. The Morgan fingerprint density at radius 1 is 1.24 bits per heavy atom. The zero-order valence-electron chi connectivity index (χ0n) is 11.1. The molecule has 0 aromatic heterocycles. The van der Waals surface area contributed by atoms with Crippen LogP contribution in [0, 0.1) is 5.92 Å². The minimum Gasteiger partial charge on any atom is -0.493 e. The van der Waals surface area contributed by atoms with Gasteiger partial charge in [0.15, 0.2) is 17.3 Å². The lowest BCUT2D eigenvalue weighted by molar-refractivity contribution is -0.173. The molecule has 8 heteroatoms. The maximum absolute atomic E-state index is 12.5. The summed E-state index contributed by atoms with van der Waals surface area (Å²) in [4.78, 5) is 23.9. The minimum atomic E-state index is -5.02. The van der Waals surface area contributed by atoms with Crippen molar-refractivity contribution in [2.75, 3.05) is 20.0 Å². The van der Waals surface area contributed by atoms with Crippen LogP contribution in [0.3, 0.4) is 0 Å². The number of halogens is 3. The molecule has 0 radical (unpaired) electrons. The summed E-state index contributed by atoms with van der Waals surface area (Å²) < 4.78 is 47.6. The van der Waals surface area contributed by atoms with Crippen LogP contribution in [0.2, 0.25) is 0 Å². The fourth-order valence-corrected chi connectivity index (χ4v) is 3.16. The van der Waals surface area contributed by atoms with Crippen molar-refractivity contribution in [3.05, 3.63) is 17.7 Å². The van der Waals surface area contributed by atoms with E-state index in [1.807, 2.05) is 0 Å². The fraction of sp³-hybridized carbons (Fsp3) is 0.385. The van der Waals surface area contributed by atoms with Crippen molar-refractivity contribution < 1.29 is 32.2 Å². The van der Waals surface area contributed by atoms with E-state index in [-0.39, 0.29) is 17.1 Å². The van der Waals surface area contributed by atoms with Crippen molar-refractivity contribution in [2.24, 2.45) is 5.92 Å². The van der Waals surface area contributed by atoms with Gasteiger partial charge in [0.05, 0.1) is 20.1 Å². The van der Waals surface area contributed by atoms with Crippen molar-refractivity contribution in [3.63, 3.8) is 0 Å². The molecule has 1 aliphatic heterocycles. The average molecular weight is 320 g/mol. The number of benzene rings is 1. The molecule has 1 heterocycles. The summed E-state index contributed by atoms with van der Waals surface area (Å²) in [5, 5.41) is 0. The first-order chi connectivity index (χ1) is 9.79. The predicted molar refractivity (Wildman–Crippen MR) is 69.2 cm³/mol.